The Bertz CT molecular complexity index is 6490. The summed E-state index contributed by atoms with van der Waals surface area (Å²) in [5.41, 5.74) is 6.67. The Kier molecular flexibility index (Phi) is 30.7. The zero-order valence-electron chi connectivity index (χ0n) is 77.1. The summed E-state index contributed by atoms with van der Waals surface area (Å²) >= 11 is 23.6. The molecule has 6 saturated heterocycles. The highest BCUT2D eigenvalue weighted by molar-refractivity contribution is 7.12. The number of aryl methyl sites for hydroxylation is 2. The number of thiazole rings is 3. The molecule has 18 rings (SSSR count). The summed E-state index contributed by atoms with van der Waals surface area (Å²) in [5.74, 6) is -3.32. The van der Waals surface area contributed by atoms with Crippen LogP contribution in [0.2, 0.25) is 15.1 Å². The number of aromatic nitrogens is 3. The van der Waals surface area contributed by atoms with E-state index in [1.54, 1.807) is 96.7 Å². The van der Waals surface area contributed by atoms with Crippen molar-refractivity contribution in [1.82, 2.24) is 60.3 Å². The van der Waals surface area contributed by atoms with Gasteiger partial charge in [0.25, 0.3) is 0 Å². The highest BCUT2D eigenvalue weighted by atomic mass is 35.5. The molecule has 12 heterocycles. The van der Waals surface area contributed by atoms with E-state index < -0.39 is 76.6 Å². The van der Waals surface area contributed by atoms with Gasteiger partial charge in [0.15, 0.2) is 43.9 Å². The van der Waals surface area contributed by atoms with E-state index in [9.17, 15) is 56.3 Å². The second kappa shape index (κ2) is 43.0. The SMILES string of the molecule is COC(=O)C1=C(CN2CCN3C(=O)N(c4ccc(CCC(=O)O)cc4C)C[C@@H]3C2)NC(c2nccs2)=N[C@H]1c1ccc(F)cc1Cl.COC(=O)C1=C(CN2CCN3C(=O)N(c4cccc(OC(C)(C)C(C)=O)c4)C[C@@H]3C2)NC(c2nccs2)=N[C@H]1c1ccc(F)cc1Cl.COCC12CN(CC3=C(C(=O)OC)[C@H](c4ccc(F)cc4Cl)N=C(c4nccs4)N3)CCN1C(=O)N(c1ccc(CC(=O)O)cc1)C2. The number of methoxy groups -OCH3 is 4. The van der Waals surface area contributed by atoms with Crippen molar-refractivity contribution in [3.8, 4) is 5.75 Å². The summed E-state index contributed by atoms with van der Waals surface area (Å²) in [4.78, 5) is 160. The van der Waals surface area contributed by atoms with Crippen LogP contribution >= 0.6 is 68.8 Å². The van der Waals surface area contributed by atoms with Crippen molar-refractivity contribution in [2.45, 2.75) is 88.3 Å². The maximum absolute atomic E-state index is 14.0. The predicted molar refractivity (Wildman–Crippen MR) is 522 cm³/mol. The third kappa shape index (κ3) is 21.8. The van der Waals surface area contributed by atoms with Crippen LogP contribution in [-0.4, -0.2) is 282 Å². The fraction of sp³-hybridized carbons (Fsp3) is 0.351. The number of halogens is 6. The summed E-state index contributed by atoms with van der Waals surface area (Å²) in [6, 6.07) is 28.6. The van der Waals surface area contributed by atoms with Gasteiger partial charge in [-0.3, -0.25) is 58.8 Å². The van der Waals surface area contributed by atoms with Gasteiger partial charge in [0, 0.05) is 212 Å². The lowest BCUT2D eigenvalue weighted by Crippen LogP contribution is -2.64. The molecule has 9 aliphatic heterocycles. The fourth-order valence-electron chi connectivity index (χ4n) is 18.6. The van der Waals surface area contributed by atoms with Gasteiger partial charge >= 0.3 is 47.9 Å². The number of anilines is 3. The van der Waals surface area contributed by atoms with Crippen LogP contribution in [0.4, 0.5) is 44.6 Å². The van der Waals surface area contributed by atoms with Crippen molar-refractivity contribution < 1.29 is 90.2 Å². The average molecular weight is 2030 g/mol. The zero-order valence-corrected chi connectivity index (χ0v) is 81.9. The van der Waals surface area contributed by atoms with E-state index in [1.165, 1.54) is 117 Å². The van der Waals surface area contributed by atoms with Crippen LogP contribution in [0.5, 0.6) is 5.75 Å². The van der Waals surface area contributed by atoms with E-state index in [0.717, 1.165) is 16.8 Å². The van der Waals surface area contributed by atoms with Gasteiger partial charge in [-0.25, -0.2) is 56.9 Å². The number of benzene rings is 6. The maximum Gasteiger partial charge on any atom is 0.338 e. The standard InChI is InChI=1S/C33H34ClFN6O5S.C32H32ClFN6O6S.C32H32ClFN6O5S/c1-19(42)33(2,3)46-23-7-5-6-21(15-23)41-17-22-16-39(11-12-40(22)32(41)44)18-26-27(31(43)45-4)28(24-9-8-20(35)14-25(24)34)38-29(37-26)30-36-10-13-47-30;1-45-18-32-16-38(10-11-40(32)31(44)39(17-32)21-6-3-19(4-7-21)13-25(41)42)15-24-26(30(43)46-2)27(22-8-5-20(34)14-23(22)33)37-28(36-24)29-35-9-12-47-29;1-18-13-19(4-8-26(41)42)3-7-25(18)40-16-21-15-38(10-11-39(21)32(40)44)17-24-27(31(43)45-2)28(22-6-5-20(34)14-23(22)33)37-29(36-24)30-35-9-12-46-30/h5-10,13-15,22,28H,11-12,16-18H2,1-4H3,(H,37,38);3-9,12,14,27H,10-11,13,15-18H2,1-2H3,(H,36,37)(H,41,42);3,5-7,9,12-14,21,28H,4,8,10-11,15-17H2,1-2H3,(H,36,37)(H,41,42)/t22-,28-;27-,32?;21-,28-/m000/s1. The number of amides is 6. The van der Waals surface area contributed by atoms with Crippen molar-refractivity contribution in [3.05, 3.63) is 271 Å². The van der Waals surface area contributed by atoms with Crippen molar-refractivity contribution >= 4 is 157 Å². The minimum atomic E-state index is -0.998. The van der Waals surface area contributed by atoms with Crippen LogP contribution in [0, 0.1) is 24.4 Å². The third-order valence-corrected chi connectivity index (χ3v) is 28.8. The van der Waals surface area contributed by atoms with E-state index >= 15 is 0 Å². The van der Waals surface area contributed by atoms with Gasteiger partial charge in [-0.05, 0) is 118 Å². The van der Waals surface area contributed by atoms with E-state index in [0.29, 0.717) is 187 Å². The predicted octanol–water partition coefficient (Wildman–Crippen LogP) is 13.0. The highest BCUT2D eigenvalue weighted by Gasteiger charge is 2.54. The monoisotopic (exact) mass is 2030 g/mol. The minimum Gasteiger partial charge on any atom is -0.481 e. The van der Waals surface area contributed by atoms with E-state index in [1.807, 2.05) is 62.0 Å². The number of carbonyl (C=O) groups excluding carboxylic acids is 7. The van der Waals surface area contributed by atoms with Crippen LogP contribution in [-0.2, 0) is 60.6 Å². The van der Waals surface area contributed by atoms with Gasteiger partial charge in [0.05, 0.1) is 75.2 Å². The number of aliphatic imine (C=N–C) groups is 3. The molecule has 0 bridgehead atoms. The van der Waals surface area contributed by atoms with Gasteiger partial charge in [0.1, 0.15) is 41.3 Å². The number of ether oxygens (including phenoxy) is 5. The number of nitrogens with zero attached hydrogens (tertiary/aromatic N) is 15. The first-order valence-corrected chi connectivity index (χ1v) is 48.3. The molecule has 9 aromatic rings. The fourth-order valence-corrected chi connectivity index (χ4v) is 21.1. The molecule has 140 heavy (non-hydrogen) atoms. The highest BCUT2D eigenvalue weighted by Crippen LogP contribution is 2.44. The Hall–Kier alpha value is -13.0. The lowest BCUT2D eigenvalue weighted by atomic mass is 9.93. The molecule has 3 aromatic heterocycles. The summed E-state index contributed by atoms with van der Waals surface area (Å²) in [7, 11) is 5.48. The molecule has 732 valence electrons. The Morgan fingerprint density at radius 3 is 1.38 bits per heavy atom. The molecule has 34 nitrogen and oxygen atoms in total. The molecule has 43 heteroatoms. The van der Waals surface area contributed by atoms with Crippen LogP contribution in [0.1, 0.15) is 93.7 Å². The Morgan fingerprint density at radius 2 is 0.957 bits per heavy atom. The number of fused-ring (bicyclic) bond motifs is 3. The molecule has 5 N–H and O–H groups in total. The molecular weight excluding hydrogens is 1930 g/mol. The topological polar surface area (TPSA) is 381 Å². The molecule has 0 aliphatic carbocycles. The van der Waals surface area contributed by atoms with Crippen LogP contribution < -0.4 is 35.4 Å². The molecule has 1 unspecified atom stereocenters. The van der Waals surface area contributed by atoms with E-state index in [4.69, 9.17) is 83.7 Å². The average Bonchev–Trinajstić information content (AvgIpc) is 1.57. The minimum absolute atomic E-state index is 0.0466. The van der Waals surface area contributed by atoms with Gasteiger partial charge in [-0.1, -0.05) is 83.3 Å². The first kappa shape index (κ1) is 100.0. The molecular formula is C97H98Cl3F3N18O16S3. The number of nitrogens with one attached hydrogen (secondary N) is 3. The van der Waals surface area contributed by atoms with E-state index in [-0.39, 0.29) is 93.7 Å². The molecule has 6 atom stereocenters. The lowest BCUT2D eigenvalue weighted by molar-refractivity contribution is -0.137. The first-order valence-electron chi connectivity index (χ1n) is 44.6. The number of carbonyl (C=O) groups is 9. The van der Waals surface area contributed by atoms with Crippen LogP contribution in [0.15, 0.2) is 205 Å². The molecule has 6 amide bonds. The number of carboxylic acid groups (broad SMARTS) is 2. The number of amidine groups is 3. The smallest absolute Gasteiger partial charge is 0.338 e. The third-order valence-electron chi connectivity index (χ3n) is 25.5. The van der Waals surface area contributed by atoms with Gasteiger partial charge in [-0.2, -0.15) is 0 Å². The number of carboxylic acids is 2. The van der Waals surface area contributed by atoms with Crippen LogP contribution in [0.25, 0.3) is 0 Å². The largest absolute Gasteiger partial charge is 0.481 e. The number of hydrogen-bond donors (Lipinski definition) is 5. The second-order valence-electron chi connectivity index (χ2n) is 34.9. The number of ketones is 1. The molecule has 0 saturated carbocycles. The molecule has 0 radical (unpaired) electrons. The zero-order chi connectivity index (χ0) is 99.3. The Balaban J connectivity index is 0.000000151. The lowest BCUT2D eigenvalue weighted by Gasteiger charge is -2.45. The number of hydrogen-bond acceptors (Lipinski definition) is 29. The molecule has 9 aliphatic rings. The molecule has 0 spiro atoms. The normalized spacial score (nSPS) is 20.5. The second-order valence-corrected chi connectivity index (χ2v) is 38.8. The van der Waals surface area contributed by atoms with Gasteiger partial charge in [-0.15, -0.1) is 34.0 Å². The van der Waals surface area contributed by atoms with Crippen molar-refractivity contribution in [2.75, 3.05) is 148 Å². The number of rotatable bonds is 28. The van der Waals surface area contributed by atoms with E-state index in [2.05, 4.69) is 45.6 Å². The van der Waals surface area contributed by atoms with Crippen LogP contribution in [0.3, 0.4) is 0 Å². The maximum atomic E-state index is 14.0. The Labute approximate surface area is 830 Å². The van der Waals surface area contributed by atoms with Crippen molar-refractivity contribution in [2.24, 2.45) is 15.0 Å². The van der Waals surface area contributed by atoms with Gasteiger partial charge in [0.2, 0.25) is 0 Å². The number of piperazine rings is 3. The number of Topliss-reactive ketones (excluding diaryl/α,β-unsaturated/α-hetero) is 1. The summed E-state index contributed by atoms with van der Waals surface area (Å²) in [6.07, 6.45) is 5.34. The van der Waals surface area contributed by atoms with Gasteiger partial charge < -0.3 is 64.5 Å². The quantitative estimate of drug-likeness (QED) is 0.0225. The molecule has 6 fully saturated rings. The number of urea groups is 3. The molecule has 6 aromatic carbocycles. The van der Waals surface area contributed by atoms with Crippen molar-refractivity contribution in [3.63, 3.8) is 0 Å². The summed E-state index contributed by atoms with van der Waals surface area (Å²) in [5, 5.41) is 35.8. The summed E-state index contributed by atoms with van der Waals surface area (Å²) < 4.78 is 69.3. The number of aliphatic carboxylic acids is 2. The number of esters is 3. The summed E-state index contributed by atoms with van der Waals surface area (Å²) in [6.45, 7) is 13.8. The Morgan fingerprint density at radius 1 is 0.507 bits per heavy atom. The first-order chi connectivity index (χ1) is 67.2. The van der Waals surface area contributed by atoms with Crippen molar-refractivity contribution in [1.29, 1.82) is 0 Å².